The van der Waals surface area contributed by atoms with Crippen LogP contribution in [0.5, 0.6) is 0 Å². The molecule has 1 aromatic rings. The smallest absolute Gasteiger partial charge is 0.226 e. The fourth-order valence-electron chi connectivity index (χ4n) is 1.56. The normalized spacial score (nSPS) is 15.2. The summed E-state index contributed by atoms with van der Waals surface area (Å²) >= 11 is 0. The van der Waals surface area contributed by atoms with E-state index in [9.17, 15) is 5.11 Å². The van der Waals surface area contributed by atoms with Gasteiger partial charge in [0.15, 0.2) is 0 Å². The van der Waals surface area contributed by atoms with Crippen LogP contribution in [-0.2, 0) is 11.2 Å². The Hall–Kier alpha value is -0.940. The Bertz CT molecular complexity index is 323. The van der Waals surface area contributed by atoms with Crippen LogP contribution in [0.2, 0.25) is 0 Å². The molecule has 0 spiro atoms. The summed E-state index contributed by atoms with van der Waals surface area (Å²) in [6.45, 7) is 8.44. The van der Waals surface area contributed by atoms with Gasteiger partial charge in [-0.15, -0.1) is 0 Å². The van der Waals surface area contributed by atoms with Crippen molar-refractivity contribution in [1.29, 1.82) is 0 Å². The maximum Gasteiger partial charge on any atom is 0.226 e. The molecule has 0 aromatic carbocycles. The molecule has 0 aliphatic heterocycles. The van der Waals surface area contributed by atoms with Gasteiger partial charge in [-0.05, 0) is 26.2 Å². The Morgan fingerprint density at radius 2 is 2.06 bits per heavy atom. The highest BCUT2D eigenvalue weighted by molar-refractivity contribution is 4.93. The molecule has 2 unspecified atom stereocenters. The van der Waals surface area contributed by atoms with Crippen molar-refractivity contribution in [1.82, 2.24) is 10.1 Å². The molecule has 0 radical (unpaired) electrons. The lowest BCUT2D eigenvalue weighted by atomic mass is 10.1. The molecule has 1 aromatic heterocycles. The Kier molecular flexibility index (Phi) is 5.58. The minimum absolute atomic E-state index is 0.121. The quantitative estimate of drug-likeness (QED) is 0.793. The zero-order chi connectivity index (χ0) is 12.8. The number of aryl methyl sites for hydroxylation is 1. The van der Waals surface area contributed by atoms with Crippen molar-refractivity contribution in [3.63, 3.8) is 0 Å². The lowest BCUT2D eigenvalue weighted by Crippen LogP contribution is -2.12. The molecular formula is C12H22N2O3. The number of hydrogen-bond acceptors (Lipinski definition) is 5. The second kappa shape index (κ2) is 6.71. The molecule has 1 rings (SSSR count). The SMILES string of the molecule is CCOC(c1noc(CCC(C)O)n1)C(C)C. The van der Waals surface area contributed by atoms with E-state index in [1.165, 1.54) is 0 Å². The summed E-state index contributed by atoms with van der Waals surface area (Å²) in [5.74, 6) is 1.46. The zero-order valence-electron chi connectivity index (χ0n) is 11.0. The fourth-order valence-corrected chi connectivity index (χ4v) is 1.56. The maximum atomic E-state index is 9.19. The van der Waals surface area contributed by atoms with Crippen molar-refractivity contribution in [2.45, 2.75) is 52.7 Å². The van der Waals surface area contributed by atoms with Gasteiger partial charge in [0.25, 0.3) is 0 Å². The van der Waals surface area contributed by atoms with Crippen LogP contribution >= 0.6 is 0 Å². The van der Waals surface area contributed by atoms with Crippen LogP contribution in [0.4, 0.5) is 0 Å². The molecule has 0 aliphatic carbocycles. The largest absolute Gasteiger partial charge is 0.393 e. The van der Waals surface area contributed by atoms with E-state index < -0.39 is 0 Å². The lowest BCUT2D eigenvalue weighted by molar-refractivity contribution is 0.0217. The van der Waals surface area contributed by atoms with Crippen molar-refractivity contribution < 1.29 is 14.4 Å². The topological polar surface area (TPSA) is 68.4 Å². The molecule has 0 aliphatic rings. The van der Waals surface area contributed by atoms with Gasteiger partial charge in [0.2, 0.25) is 11.7 Å². The number of rotatable bonds is 7. The van der Waals surface area contributed by atoms with Crippen molar-refractivity contribution in [3.8, 4) is 0 Å². The first-order chi connectivity index (χ1) is 8.04. The van der Waals surface area contributed by atoms with E-state index in [0.29, 0.717) is 37.1 Å². The summed E-state index contributed by atoms with van der Waals surface area (Å²) in [5.41, 5.74) is 0. The maximum absolute atomic E-state index is 9.19. The highest BCUT2D eigenvalue weighted by Crippen LogP contribution is 2.23. The van der Waals surface area contributed by atoms with Crippen molar-refractivity contribution in [3.05, 3.63) is 11.7 Å². The third-order valence-electron chi connectivity index (χ3n) is 2.47. The van der Waals surface area contributed by atoms with Crippen LogP contribution in [0, 0.1) is 5.92 Å². The Labute approximate surface area is 102 Å². The van der Waals surface area contributed by atoms with Gasteiger partial charge in [-0.3, -0.25) is 0 Å². The van der Waals surface area contributed by atoms with Crippen LogP contribution in [-0.4, -0.2) is 28.0 Å². The first-order valence-corrected chi connectivity index (χ1v) is 6.16. The fraction of sp³-hybridized carbons (Fsp3) is 0.833. The summed E-state index contributed by atoms with van der Waals surface area (Å²) in [5, 5.41) is 13.1. The van der Waals surface area contributed by atoms with E-state index >= 15 is 0 Å². The van der Waals surface area contributed by atoms with E-state index in [1.54, 1.807) is 6.92 Å². The van der Waals surface area contributed by atoms with Gasteiger partial charge >= 0.3 is 0 Å². The first kappa shape index (κ1) is 14.1. The van der Waals surface area contributed by atoms with E-state index in [4.69, 9.17) is 9.26 Å². The standard InChI is InChI=1S/C12H22N2O3/c1-5-16-11(8(2)3)12-13-10(17-14-12)7-6-9(4)15/h8-9,11,15H,5-7H2,1-4H3. The molecule has 0 saturated carbocycles. The Morgan fingerprint density at radius 3 is 2.59 bits per heavy atom. The molecule has 0 amide bonds. The molecule has 0 fully saturated rings. The number of aromatic nitrogens is 2. The van der Waals surface area contributed by atoms with Crippen molar-refractivity contribution >= 4 is 0 Å². The summed E-state index contributed by atoms with van der Waals surface area (Å²) in [6.07, 6.45) is 0.756. The van der Waals surface area contributed by atoms with Gasteiger partial charge in [-0.25, -0.2) is 0 Å². The third kappa shape index (κ3) is 4.44. The predicted octanol–water partition coefficient (Wildman–Crippen LogP) is 2.12. The molecule has 2 atom stereocenters. The molecule has 0 saturated heterocycles. The second-order valence-corrected chi connectivity index (χ2v) is 4.55. The molecule has 17 heavy (non-hydrogen) atoms. The number of ether oxygens (including phenoxy) is 1. The number of hydrogen-bond donors (Lipinski definition) is 1. The van der Waals surface area contributed by atoms with E-state index in [0.717, 1.165) is 0 Å². The van der Waals surface area contributed by atoms with Crippen molar-refractivity contribution in [2.24, 2.45) is 5.92 Å². The van der Waals surface area contributed by atoms with Crippen LogP contribution in [0.1, 0.15) is 51.9 Å². The summed E-state index contributed by atoms with van der Waals surface area (Å²) < 4.78 is 10.7. The van der Waals surface area contributed by atoms with Crippen LogP contribution < -0.4 is 0 Å². The van der Waals surface area contributed by atoms with E-state index in [2.05, 4.69) is 24.0 Å². The first-order valence-electron chi connectivity index (χ1n) is 6.16. The van der Waals surface area contributed by atoms with Crippen LogP contribution in [0.3, 0.4) is 0 Å². The minimum Gasteiger partial charge on any atom is -0.393 e. The average molecular weight is 242 g/mol. The highest BCUT2D eigenvalue weighted by Gasteiger charge is 2.22. The van der Waals surface area contributed by atoms with Gasteiger partial charge in [0, 0.05) is 13.0 Å². The second-order valence-electron chi connectivity index (χ2n) is 4.55. The van der Waals surface area contributed by atoms with Gasteiger partial charge in [-0.2, -0.15) is 4.98 Å². The summed E-state index contributed by atoms with van der Waals surface area (Å²) in [7, 11) is 0. The number of aliphatic hydroxyl groups is 1. The summed E-state index contributed by atoms with van der Waals surface area (Å²) in [6, 6.07) is 0. The summed E-state index contributed by atoms with van der Waals surface area (Å²) in [4.78, 5) is 4.31. The zero-order valence-corrected chi connectivity index (χ0v) is 11.0. The number of nitrogens with zero attached hydrogens (tertiary/aromatic N) is 2. The average Bonchev–Trinajstić information content (AvgIpc) is 2.71. The van der Waals surface area contributed by atoms with Crippen LogP contribution in [0.15, 0.2) is 4.52 Å². The Morgan fingerprint density at radius 1 is 1.35 bits per heavy atom. The van der Waals surface area contributed by atoms with Gasteiger partial charge in [-0.1, -0.05) is 19.0 Å². The van der Waals surface area contributed by atoms with Gasteiger partial charge < -0.3 is 14.4 Å². The van der Waals surface area contributed by atoms with Crippen LogP contribution in [0.25, 0.3) is 0 Å². The molecule has 0 bridgehead atoms. The molecule has 98 valence electrons. The van der Waals surface area contributed by atoms with E-state index in [1.807, 2.05) is 6.92 Å². The van der Waals surface area contributed by atoms with E-state index in [-0.39, 0.29) is 12.2 Å². The third-order valence-corrected chi connectivity index (χ3v) is 2.47. The molecule has 1 heterocycles. The number of aliphatic hydroxyl groups excluding tert-OH is 1. The monoisotopic (exact) mass is 242 g/mol. The molecule has 5 heteroatoms. The highest BCUT2D eigenvalue weighted by atomic mass is 16.5. The van der Waals surface area contributed by atoms with Crippen molar-refractivity contribution in [2.75, 3.05) is 6.61 Å². The van der Waals surface area contributed by atoms with Gasteiger partial charge in [0.05, 0.1) is 6.10 Å². The molecular weight excluding hydrogens is 220 g/mol. The molecule has 5 nitrogen and oxygen atoms in total. The predicted molar refractivity (Wildman–Crippen MR) is 63.5 cm³/mol. The molecule has 1 N–H and O–H groups in total. The van der Waals surface area contributed by atoms with Gasteiger partial charge in [0.1, 0.15) is 6.10 Å². The Balaban J connectivity index is 2.64. The minimum atomic E-state index is -0.349. The lowest BCUT2D eigenvalue weighted by Gasteiger charge is -2.16.